The van der Waals surface area contributed by atoms with E-state index in [4.69, 9.17) is 11.6 Å². The quantitative estimate of drug-likeness (QED) is 0.845. The smallest absolute Gasteiger partial charge is 0.221 e. The van der Waals surface area contributed by atoms with E-state index >= 15 is 0 Å². The Morgan fingerprint density at radius 1 is 1.29 bits per heavy atom. The summed E-state index contributed by atoms with van der Waals surface area (Å²) in [7, 11) is 1.86. The maximum Gasteiger partial charge on any atom is 0.221 e. The molecule has 21 heavy (non-hydrogen) atoms. The highest BCUT2D eigenvalue weighted by Crippen LogP contribution is 2.16. The van der Waals surface area contributed by atoms with Crippen LogP contribution in [-0.2, 0) is 11.3 Å². The zero-order valence-corrected chi connectivity index (χ0v) is 13.3. The Hall–Kier alpha value is -1.10. The summed E-state index contributed by atoms with van der Waals surface area (Å²) in [6.45, 7) is 3.75. The van der Waals surface area contributed by atoms with Crippen molar-refractivity contribution in [1.29, 1.82) is 0 Å². The van der Waals surface area contributed by atoms with Gasteiger partial charge >= 0.3 is 0 Å². The van der Waals surface area contributed by atoms with E-state index in [2.05, 4.69) is 27.7 Å². The average molecular weight is 310 g/mol. The highest BCUT2D eigenvalue weighted by molar-refractivity contribution is 6.30. The van der Waals surface area contributed by atoms with Crippen LogP contribution in [0.15, 0.2) is 24.3 Å². The molecular weight excluding hydrogens is 286 g/mol. The number of halogens is 1. The van der Waals surface area contributed by atoms with E-state index in [0.29, 0.717) is 12.5 Å². The molecule has 5 heteroatoms. The topological polar surface area (TPSA) is 44.4 Å². The van der Waals surface area contributed by atoms with Gasteiger partial charge in [-0.05, 0) is 37.6 Å². The first kappa shape index (κ1) is 16.3. The molecule has 1 aliphatic rings. The molecular formula is C16H24ClN3O. The summed E-state index contributed by atoms with van der Waals surface area (Å²) in [6, 6.07) is 8.36. The van der Waals surface area contributed by atoms with E-state index in [1.165, 1.54) is 5.56 Å². The van der Waals surface area contributed by atoms with Gasteiger partial charge in [0.05, 0.1) is 0 Å². The maximum absolute atomic E-state index is 11.7. The van der Waals surface area contributed by atoms with Crippen LogP contribution in [0.4, 0.5) is 0 Å². The van der Waals surface area contributed by atoms with Crippen molar-refractivity contribution in [2.45, 2.75) is 31.8 Å². The average Bonchev–Trinajstić information content (AvgIpc) is 2.49. The van der Waals surface area contributed by atoms with Crippen LogP contribution in [0.25, 0.3) is 0 Å². The lowest BCUT2D eigenvalue weighted by atomic mass is 10.0. The van der Waals surface area contributed by atoms with Crippen molar-refractivity contribution < 1.29 is 4.79 Å². The minimum Gasteiger partial charge on any atom is -0.353 e. The second kappa shape index (κ2) is 8.37. The highest BCUT2D eigenvalue weighted by atomic mass is 35.5. The molecule has 1 heterocycles. The van der Waals surface area contributed by atoms with Gasteiger partial charge in [-0.15, -0.1) is 0 Å². The molecule has 0 bridgehead atoms. The fourth-order valence-electron chi connectivity index (χ4n) is 2.62. The number of amides is 1. The van der Waals surface area contributed by atoms with E-state index in [1.54, 1.807) is 0 Å². The van der Waals surface area contributed by atoms with Crippen molar-refractivity contribution in [3.8, 4) is 0 Å². The lowest BCUT2D eigenvalue weighted by Gasteiger charge is -2.32. The molecule has 1 fully saturated rings. The normalized spacial score (nSPS) is 16.9. The predicted molar refractivity (Wildman–Crippen MR) is 86.4 cm³/mol. The molecule has 1 amide bonds. The first-order valence-electron chi connectivity index (χ1n) is 7.58. The van der Waals surface area contributed by atoms with E-state index in [0.717, 1.165) is 44.0 Å². The summed E-state index contributed by atoms with van der Waals surface area (Å²) in [5.74, 6) is 0.153. The molecule has 0 atom stereocenters. The van der Waals surface area contributed by atoms with Crippen LogP contribution < -0.4 is 10.6 Å². The number of carbonyl (C=O) groups excluding carboxylic acids is 1. The summed E-state index contributed by atoms with van der Waals surface area (Å²) < 4.78 is 0. The largest absolute Gasteiger partial charge is 0.353 e. The molecule has 1 aromatic carbocycles. The summed E-state index contributed by atoms with van der Waals surface area (Å²) in [5.41, 5.74) is 1.29. The van der Waals surface area contributed by atoms with Crippen LogP contribution in [0.1, 0.15) is 24.8 Å². The summed E-state index contributed by atoms with van der Waals surface area (Å²) in [4.78, 5) is 14.1. The summed E-state index contributed by atoms with van der Waals surface area (Å²) in [5, 5.41) is 6.90. The third kappa shape index (κ3) is 5.65. The Morgan fingerprint density at radius 3 is 2.57 bits per heavy atom. The summed E-state index contributed by atoms with van der Waals surface area (Å²) >= 11 is 5.90. The predicted octanol–water partition coefficient (Wildman–Crippen LogP) is 2.03. The van der Waals surface area contributed by atoms with Gasteiger partial charge in [-0.1, -0.05) is 23.7 Å². The third-order valence-electron chi connectivity index (χ3n) is 3.87. The number of hydrogen-bond acceptors (Lipinski definition) is 3. The second-order valence-electron chi connectivity index (χ2n) is 5.60. The van der Waals surface area contributed by atoms with Gasteiger partial charge < -0.3 is 10.6 Å². The van der Waals surface area contributed by atoms with Gasteiger partial charge in [-0.25, -0.2) is 0 Å². The van der Waals surface area contributed by atoms with Gasteiger partial charge in [0.2, 0.25) is 5.91 Å². The number of benzene rings is 1. The van der Waals surface area contributed by atoms with Crippen LogP contribution in [-0.4, -0.2) is 43.5 Å². The van der Waals surface area contributed by atoms with Crippen LogP contribution in [0, 0.1) is 0 Å². The highest BCUT2D eigenvalue weighted by Gasteiger charge is 2.20. The molecule has 1 aromatic rings. The Balaban J connectivity index is 1.70. The minimum absolute atomic E-state index is 0.153. The van der Waals surface area contributed by atoms with Crippen LogP contribution >= 0.6 is 11.6 Å². The van der Waals surface area contributed by atoms with Crippen LogP contribution in [0.2, 0.25) is 5.02 Å². The van der Waals surface area contributed by atoms with Crippen molar-refractivity contribution in [2.75, 3.05) is 26.7 Å². The van der Waals surface area contributed by atoms with Gasteiger partial charge in [0.15, 0.2) is 0 Å². The standard InChI is InChI=1S/C16H24ClN3O/c1-18-9-6-16(21)19-15-7-10-20(11-8-15)12-13-2-4-14(17)5-3-13/h2-5,15,18H,6-12H2,1H3,(H,19,21). The minimum atomic E-state index is 0.153. The number of nitrogens with one attached hydrogen (secondary N) is 2. The first-order valence-corrected chi connectivity index (χ1v) is 7.96. The van der Waals surface area contributed by atoms with E-state index in [-0.39, 0.29) is 5.91 Å². The molecule has 0 aromatic heterocycles. The van der Waals surface area contributed by atoms with Crippen molar-refractivity contribution in [1.82, 2.24) is 15.5 Å². The lowest BCUT2D eigenvalue weighted by Crippen LogP contribution is -2.44. The molecule has 2 N–H and O–H groups in total. The fraction of sp³-hybridized carbons (Fsp3) is 0.562. The van der Waals surface area contributed by atoms with Gasteiger partial charge in [-0.3, -0.25) is 9.69 Å². The molecule has 2 rings (SSSR count). The van der Waals surface area contributed by atoms with Crippen molar-refractivity contribution >= 4 is 17.5 Å². The zero-order chi connectivity index (χ0) is 15.1. The van der Waals surface area contributed by atoms with Crippen LogP contribution in [0.5, 0.6) is 0 Å². The number of hydrogen-bond donors (Lipinski definition) is 2. The molecule has 1 aliphatic heterocycles. The first-order chi connectivity index (χ1) is 10.2. The third-order valence-corrected chi connectivity index (χ3v) is 4.13. The zero-order valence-electron chi connectivity index (χ0n) is 12.6. The van der Waals surface area contributed by atoms with E-state index in [9.17, 15) is 4.79 Å². The Bertz CT molecular complexity index is 441. The Labute approximate surface area is 131 Å². The lowest BCUT2D eigenvalue weighted by molar-refractivity contribution is -0.122. The van der Waals surface area contributed by atoms with Crippen LogP contribution in [0.3, 0.4) is 0 Å². The van der Waals surface area contributed by atoms with Gasteiger partial charge in [0, 0.05) is 43.7 Å². The molecule has 116 valence electrons. The molecule has 4 nitrogen and oxygen atoms in total. The van der Waals surface area contributed by atoms with Gasteiger partial charge in [-0.2, -0.15) is 0 Å². The van der Waals surface area contributed by atoms with Crippen molar-refractivity contribution in [3.63, 3.8) is 0 Å². The Kier molecular flexibility index (Phi) is 6.49. The number of piperidine rings is 1. The summed E-state index contributed by atoms with van der Waals surface area (Å²) in [6.07, 6.45) is 2.61. The van der Waals surface area contributed by atoms with Crippen molar-refractivity contribution in [2.24, 2.45) is 0 Å². The van der Waals surface area contributed by atoms with E-state index < -0.39 is 0 Å². The molecule has 0 radical (unpaired) electrons. The van der Waals surface area contributed by atoms with E-state index in [1.807, 2.05) is 19.2 Å². The second-order valence-corrected chi connectivity index (χ2v) is 6.03. The number of carbonyl (C=O) groups is 1. The Morgan fingerprint density at radius 2 is 1.95 bits per heavy atom. The SMILES string of the molecule is CNCCC(=O)NC1CCN(Cc2ccc(Cl)cc2)CC1. The molecule has 1 saturated heterocycles. The van der Waals surface area contributed by atoms with Gasteiger partial charge in [0.25, 0.3) is 0 Å². The fourth-order valence-corrected chi connectivity index (χ4v) is 2.75. The monoisotopic (exact) mass is 309 g/mol. The number of nitrogens with zero attached hydrogens (tertiary/aromatic N) is 1. The molecule has 0 unspecified atom stereocenters. The molecule has 0 saturated carbocycles. The maximum atomic E-state index is 11.7. The number of likely N-dealkylation sites (tertiary alicyclic amines) is 1. The van der Waals surface area contributed by atoms with Gasteiger partial charge in [0.1, 0.15) is 0 Å². The molecule has 0 aliphatic carbocycles. The van der Waals surface area contributed by atoms with Crippen molar-refractivity contribution in [3.05, 3.63) is 34.9 Å². The number of rotatable bonds is 6. The molecule has 0 spiro atoms.